The van der Waals surface area contributed by atoms with E-state index in [0.717, 1.165) is 12.2 Å². The van der Waals surface area contributed by atoms with Crippen molar-refractivity contribution in [2.45, 2.75) is 45.1 Å². The fourth-order valence-electron chi connectivity index (χ4n) is 2.71. The van der Waals surface area contributed by atoms with E-state index in [4.69, 9.17) is 5.73 Å². The number of nitrogens with zero attached hydrogens (tertiary/aromatic N) is 2. The van der Waals surface area contributed by atoms with Crippen LogP contribution in [0.25, 0.3) is 0 Å². The SMILES string of the molecule is CCn1c(C2CCCC2)c(N)c(=O)n1C. The quantitative estimate of drug-likeness (QED) is 0.801. The van der Waals surface area contributed by atoms with Crippen LogP contribution < -0.4 is 11.3 Å². The topological polar surface area (TPSA) is 52.9 Å². The highest BCUT2D eigenvalue weighted by Gasteiger charge is 2.25. The lowest BCUT2D eigenvalue weighted by Crippen LogP contribution is -2.20. The monoisotopic (exact) mass is 209 g/mol. The Morgan fingerprint density at radius 2 is 2.00 bits per heavy atom. The summed E-state index contributed by atoms with van der Waals surface area (Å²) in [5, 5.41) is 0. The highest BCUT2D eigenvalue weighted by Crippen LogP contribution is 2.35. The van der Waals surface area contributed by atoms with Gasteiger partial charge in [-0.1, -0.05) is 12.8 Å². The van der Waals surface area contributed by atoms with Crippen molar-refractivity contribution in [1.82, 2.24) is 9.36 Å². The number of nitrogen functional groups attached to an aromatic ring is 1. The Morgan fingerprint density at radius 3 is 2.53 bits per heavy atom. The fourth-order valence-corrected chi connectivity index (χ4v) is 2.71. The van der Waals surface area contributed by atoms with Crippen molar-refractivity contribution in [1.29, 1.82) is 0 Å². The van der Waals surface area contributed by atoms with E-state index in [2.05, 4.69) is 6.92 Å². The van der Waals surface area contributed by atoms with E-state index in [9.17, 15) is 4.79 Å². The van der Waals surface area contributed by atoms with E-state index >= 15 is 0 Å². The molecular weight excluding hydrogens is 190 g/mol. The molecule has 1 aliphatic rings. The predicted octanol–water partition coefficient (Wildman–Crippen LogP) is 1.45. The standard InChI is InChI=1S/C11H19N3O/c1-3-14-10(8-6-4-5-7-8)9(12)11(15)13(14)2/h8H,3-7,12H2,1-2H3. The molecule has 15 heavy (non-hydrogen) atoms. The first-order valence-corrected chi connectivity index (χ1v) is 5.72. The van der Waals surface area contributed by atoms with Crippen LogP contribution in [-0.4, -0.2) is 9.36 Å². The molecular formula is C11H19N3O. The van der Waals surface area contributed by atoms with Gasteiger partial charge in [-0.25, -0.2) is 0 Å². The number of rotatable bonds is 2. The van der Waals surface area contributed by atoms with E-state index < -0.39 is 0 Å². The summed E-state index contributed by atoms with van der Waals surface area (Å²) in [7, 11) is 1.79. The van der Waals surface area contributed by atoms with Crippen molar-refractivity contribution in [2.24, 2.45) is 7.05 Å². The van der Waals surface area contributed by atoms with Crippen LogP contribution in [0.4, 0.5) is 5.69 Å². The van der Waals surface area contributed by atoms with Crippen molar-refractivity contribution in [3.05, 3.63) is 16.0 Å². The minimum Gasteiger partial charge on any atom is -0.393 e. The first-order valence-electron chi connectivity index (χ1n) is 5.72. The van der Waals surface area contributed by atoms with E-state index in [0.29, 0.717) is 11.6 Å². The Balaban J connectivity index is 2.53. The zero-order chi connectivity index (χ0) is 11.0. The molecule has 0 spiro atoms. The smallest absolute Gasteiger partial charge is 0.289 e. The van der Waals surface area contributed by atoms with Gasteiger partial charge in [0.1, 0.15) is 5.69 Å². The van der Waals surface area contributed by atoms with Gasteiger partial charge >= 0.3 is 0 Å². The molecule has 1 aromatic rings. The molecule has 0 amide bonds. The lowest BCUT2D eigenvalue weighted by molar-refractivity contribution is 0.481. The zero-order valence-electron chi connectivity index (χ0n) is 9.49. The average Bonchev–Trinajstić information content (AvgIpc) is 2.81. The van der Waals surface area contributed by atoms with Crippen molar-refractivity contribution in [3.8, 4) is 0 Å². The number of hydrogen-bond acceptors (Lipinski definition) is 2. The maximum absolute atomic E-state index is 11.7. The lowest BCUT2D eigenvalue weighted by atomic mass is 10.0. The lowest BCUT2D eigenvalue weighted by Gasteiger charge is -2.14. The third-order valence-electron chi connectivity index (χ3n) is 3.48. The Bertz CT molecular complexity index is 410. The molecule has 0 radical (unpaired) electrons. The molecule has 2 rings (SSSR count). The summed E-state index contributed by atoms with van der Waals surface area (Å²) < 4.78 is 3.66. The van der Waals surface area contributed by atoms with Crippen LogP contribution in [0.3, 0.4) is 0 Å². The van der Waals surface area contributed by atoms with Gasteiger partial charge < -0.3 is 5.73 Å². The minimum atomic E-state index is -0.0428. The van der Waals surface area contributed by atoms with Crippen LogP contribution >= 0.6 is 0 Å². The molecule has 0 aromatic carbocycles. The third-order valence-corrected chi connectivity index (χ3v) is 3.48. The molecule has 1 saturated carbocycles. The summed E-state index contributed by atoms with van der Waals surface area (Å²) in [5.74, 6) is 0.499. The second-order valence-electron chi connectivity index (χ2n) is 4.32. The van der Waals surface area contributed by atoms with Gasteiger partial charge in [0.15, 0.2) is 0 Å². The zero-order valence-corrected chi connectivity index (χ0v) is 9.49. The molecule has 4 heteroatoms. The van der Waals surface area contributed by atoms with E-state index in [1.807, 2.05) is 4.68 Å². The molecule has 0 atom stereocenters. The van der Waals surface area contributed by atoms with E-state index in [-0.39, 0.29) is 5.56 Å². The summed E-state index contributed by atoms with van der Waals surface area (Å²) >= 11 is 0. The number of anilines is 1. The Morgan fingerprint density at radius 1 is 1.40 bits per heavy atom. The number of nitrogens with two attached hydrogens (primary N) is 1. The molecule has 1 fully saturated rings. The largest absolute Gasteiger partial charge is 0.393 e. The van der Waals surface area contributed by atoms with Crippen molar-refractivity contribution in [3.63, 3.8) is 0 Å². The highest BCUT2D eigenvalue weighted by atomic mass is 16.1. The van der Waals surface area contributed by atoms with Gasteiger partial charge in [-0.3, -0.25) is 14.2 Å². The van der Waals surface area contributed by atoms with Gasteiger partial charge in [-0.15, -0.1) is 0 Å². The molecule has 1 aliphatic carbocycles. The molecule has 2 N–H and O–H groups in total. The van der Waals surface area contributed by atoms with Crippen LogP contribution in [0.2, 0.25) is 0 Å². The van der Waals surface area contributed by atoms with Gasteiger partial charge in [0.05, 0.1) is 5.69 Å². The summed E-state index contributed by atoms with van der Waals surface area (Å²) in [6.45, 7) is 2.87. The molecule has 1 aromatic heterocycles. The molecule has 0 saturated heterocycles. The van der Waals surface area contributed by atoms with Crippen molar-refractivity contribution >= 4 is 5.69 Å². The molecule has 0 unspecified atom stereocenters. The minimum absolute atomic E-state index is 0.0428. The summed E-state index contributed by atoms with van der Waals surface area (Å²) in [6.07, 6.45) is 4.87. The van der Waals surface area contributed by atoms with Gasteiger partial charge in [-0.2, -0.15) is 0 Å². The number of aromatic nitrogens is 2. The van der Waals surface area contributed by atoms with E-state index in [1.54, 1.807) is 11.7 Å². The summed E-state index contributed by atoms with van der Waals surface area (Å²) in [5.41, 5.74) is 7.40. The third kappa shape index (κ3) is 1.48. The molecule has 84 valence electrons. The van der Waals surface area contributed by atoms with Crippen molar-refractivity contribution < 1.29 is 0 Å². The van der Waals surface area contributed by atoms with Gasteiger partial charge in [0, 0.05) is 19.5 Å². The van der Waals surface area contributed by atoms with E-state index in [1.165, 1.54) is 25.7 Å². The van der Waals surface area contributed by atoms with Crippen LogP contribution in [0, 0.1) is 0 Å². The maximum Gasteiger partial charge on any atom is 0.289 e. The summed E-state index contributed by atoms with van der Waals surface area (Å²) in [4.78, 5) is 11.7. The van der Waals surface area contributed by atoms with Crippen LogP contribution in [0.5, 0.6) is 0 Å². The highest BCUT2D eigenvalue weighted by molar-refractivity contribution is 5.44. The summed E-state index contributed by atoms with van der Waals surface area (Å²) in [6, 6.07) is 0. The molecule has 1 heterocycles. The second kappa shape index (κ2) is 3.76. The molecule has 0 bridgehead atoms. The Kier molecular flexibility index (Phi) is 2.59. The first kappa shape index (κ1) is 10.3. The Labute approximate surface area is 89.7 Å². The van der Waals surface area contributed by atoms with Crippen LogP contribution in [0.15, 0.2) is 4.79 Å². The second-order valence-corrected chi connectivity index (χ2v) is 4.32. The normalized spacial score (nSPS) is 17.5. The van der Waals surface area contributed by atoms with Gasteiger partial charge in [0.25, 0.3) is 5.56 Å². The predicted molar refractivity (Wildman–Crippen MR) is 61.0 cm³/mol. The van der Waals surface area contributed by atoms with Gasteiger partial charge in [0.2, 0.25) is 0 Å². The van der Waals surface area contributed by atoms with Crippen LogP contribution in [0.1, 0.15) is 44.2 Å². The Hall–Kier alpha value is -1.19. The first-order chi connectivity index (χ1) is 7.16. The van der Waals surface area contributed by atoms with Gasteiger partial charge in [-0.05, 0) is 19.8 Å². The molecule has 4 nitrogen and oxygen atoms in total. The average molecular weight is 209 g/mol. The van der Waals surface area contributed by atoms with Crippen LogP contribution in [-0.2, 0) is 13.6 Å². The fraction of sp³-hybridized carbons (Fsp3) is 0.727. The molecule has 0 aliphatic heterocycles. The maximum atomic E-state index is 11.7. The van der Waals surface area contributed by atoms with Crippen molar-refractivity contribution in [2.75, 3.05) is 5.73 Å². The number of hydrogen-bond donors (Lipinski definition) is 1.